The highest BCUT2D eigenvalue weighted by Gasteiger charge is 2.15. The summed E-state index contributed by atoms with van der Waals surface area (Å²) in [6.07, 6.45) is 8.13. The summed E-state index contributed by atoms with van der Waals surface area (Å²) in [5, 5.41) is 16.3. The molecule has 3 aromatic heterocycles. The predicted octanol–water partition coefficient (Wildman–Crippen LogP) is 2.72. The second-order valence-corrected chi connectivity index (χ2v) is 6.67. The van der Waals surface area contributed by atoms with Crippen LogP contribution in [0.4, 0.5) is 27.8 Å². The van der Waals surface area contributed by atoms with Crippen molar-refractivity contribution in [2.45, 2.75) is 6.54 Å². The van der Waals surface area contributed by atoms with E-state index in [1.165, 1.54) is 0 Å². The van der Waals surface area contributed by atoms with Crippen LogP contribution in [0.25, 0.3) is 11.1 Å². The number of benzene rings is 1. The van der Waals surface area contributed by atoms with Crippen LogP contribution in [0.5, 0.6) is 0 Å². The highest BCUT2D eigenvalue weighted by atomic mass is 19.1. The lowest BCUT2D eigenvalue weighted by Crippen LogP contribution is -2.15. The maximum Gasteiger partial charge on any atom is 0.231 e. The maximum atomic E-state index is 14.5. The quantitative estimate of drug-likeness (QED) is 0.485. The zero-order chi connectivity index (χ0) is 21.1. The minimum atomic E-state index is -0.548. The van der Waals surface area contributed by atoms with Crippen LogP contribution in [-0.4, -0.2) is 48.1 Å². The molecule has 0 atom stereocenters. The Morgan fingerprint density at radius 3 is 2.83 bits per heavy atom. The Morgan fingerprint density at radius 1 is 1.20 bits per heavy atom. The Hall–Kier alpha value is -3.79. The SMILES string of the molecule is CN(c1cccc(-c2cnn(C)c2)c1)c1nc(Nc2nccn2CCO)ncc1F. The third-order valence-corrected chi connectivity index (χ3v) is 4.59. The first-order valence-corrected chi connectivity index (χ1v) is 9.29. The Bertz CT molecular complexity index is 1160. The van der Waals surface area contributed by atoms with Crippen LogP contribution >= 0.6 is 0 Å². The van der Waals surface area contributed by atoms with Crippen molar-refractivity contribution in [1.82, 2.24) is 29.3 Å². The average molecular weight is 408 g/mol. The van der Waals surface area contributed by atoms with E-state index in [0.29, 0.717) is 12.5 Å². The summed E-state index contributed by atoms with van der Waals surface area (Å²) in [5.74, 6) is 0.236. The molecule has 0 saturated heterocycles. The fourth-order valence-electron chi connectivity index (χ4n) is 3.06. The number of rotatable bonds is 7. The molecule has 0 aliphatic carbocycles. The van der Waals surface area contributed by atoms with E-state index < -0.39 is 5.82 Å². The van der Waals surface area contributed by atoms with Gasteiger partial charge in [0.2, 0.25) is 11.9 Å². The minimum Gasteiger partial charge on any atom is -0.395 e. The van der Waals surface area contributed by atoms with Crippen LogP contribution < -0.4 is 10.2 Å². The largest absolute Gasteiger partial charge is 0.395 e. The summed E-state index contributed by atoms with van der Waals surface area (Å²) in [6, 6.07) is 7.69. The summed E-state index contributed by atoms with van der Waals surface area (Å²) in [6.45, 7) is 0.341. The zero-order valence-electron chi connectivity index (χ0n) is 16.6. The molecule has 2 N–H and O–H groups in total. The average Bonchev–Trinajstić information content (AvgIpc) is 3.38. The molecule has 0 spiro atoms. The van der Waals surface area contributed by atoms with Gasteiger partial charge in [0.15, 0.2) is 11.6 Å². The van der Waals surface area contributed by atoms with Gasteiger partial charge in [0.25, 0.3) is 0 Å². The van der Waals surface area contributed by atoms with Crippen LogP contribution in [0.2, 0.25) is 0 Å². The Kier molecular flexibility index (Phi) is 5.40. The molecule has 0 amide bonds. The summed E-state index contributed by atoms with van der Waals surface area (Å²) in [7, 11) is 3.60. The van der Waals surface area contributed by atoms with Gasteiger partial charge in [0.05, 0.1) is 19.0 Å². The molecule has 0 aliphatic rings. The molecule has 4 rings (SSSR count). The first kappa shape index (κ1) is 19.5. The molecule has 0 saturated carbocycles. The molecule has 0 fully saturated rings. The molecule has 1 aromatic carbocycles. The predicted molar refractivity (Wildman–Crippen MR) is 111 cm³/mol. The number of aryl methyl sites for hydroxylation is 1. The molecule has 10 heteroatoms. The number of aromatic nitrogens is 6. The second kappa shape index (κ2) is 8.29. The van der Waals surface area contributed by atoms with Crippen molar-refractivity contribution in [3.05, 3.63) is 61.1 Å². The van der Waals surface area contributed by atoms with Crippen molar-refractivity contribution in [1.29, 1.82) is 0 Å². The summed E-state index contributed by atoms with van der Waals surface area (Å²) in [4.78, 5) is 14.2. The minimum absolute atomic E-state index is 0.0312. The van der Waals surface area contributed by atoms with Crippen molar-refractivity contribution in [2.24, 2.45) is 7.05 Å². The van der Waals surface area contributed by atoms with Gasteiger partial charge in [-0.25, -0.2) is 14.4 Å². The van der Waals surface area contributed by atoms with Gasteiger partial charge in [0.1, 0.15) is 0 Å². The van der Waals surface area contributed by atoms with E-state index in [1.54, 1.807) is 39.8 Å². The molecule has 30 heavy (non-hydrogen) atoms. The monoisotopic (exact) mass is 408 g/mol. The molecule has 154 valence electrons. The van der Waals surface area contributed by atoms with Crippen LogP contribution in [-0.2, 0) is 13.6 Å². The standard InChI is InChI=1S/C20H21FN8O/c1-27-13-15(11-24-27)14-4-3-5-16(10-14)28(2)18-17(21)12-23-19(25-18)26-20-22-6-7-29(20)8-9-30/h3-7,10-13,30H,8-9H2,1-2H3,(H,22,23,25,26). The zero-order valence-corrected chi connectivity index (χ0v) is 16.6. The third kappa shape index (κ3) is 3.98. The lowest BCUT2D eigenvalue weighted by atomic mass is 10.1. The van der Waals surface area contributed by atoms with Crippen molar-refractivity contribution in [3.63, 3.8) is 0 Å². The van der Waals surface area contributed by atoms with Gasteiger partial charge in [-0.05, 0) is 17.7 Å². The van der Waals surface area contributed by atoms with Gasteiger partial charge in [-0.1, -0.05) is 12.1 Å². The Labute approximate surface area is 172 Å². The van der Waals surface area contributed by atoms with E-state index in [-0.39, 0.29) is 18.4 Å². The van der Waals surface area contributed by atoms with E-state index in [9.17, 15) is 4.39 Å². The van der Waals surface area contributed by atoms with E-state index >= 15 is 0 Å². The normalized spacial score (nSPS) is 10.9. The van der Waals surface area contributed by atoms with Crippen molar-refractivity contribution in [3.8, 4) is 11.1 Å². The Morgan fingerprint density at radius 2 is 2.07 bits per heavy atom. The number of imidazole rings is 1. The fourth-order valence-corrected chi connectivity index (χ4v) is 3.06. The highest BCUT2D eigenvalue weighted by molar-refractivity contribution is 5.70. The van der Waals surface area contributed by atoms with Gasteiger partial charge >= 0.3 is 0 Å². The van der Waals surface area contributed by atoms with Gasteiger partial charge < -0.3 is 14.6 Å². The molecule has 4 aromatic rings. The van der Waals surface area contributed by atoms with E-state index in [0.717, 1.165) is 23.0 Å². The van der Waals surface area contributed by atoms with Crippen molar-refractivity contribution in [2.75, 3.05) is 23.9 Å². The van der Waals surface area contributed by atoms with Crippen LogP contribution in [0, 0.1) is 5.82 Å². The lowest BCUT2D eigenvalue weighted by molar-refractivity contribution is 0.277. The summed E-state index contributed by atoms with van der Waals surface area (Å²) < 4.78 is 18.0. The van der Waals surface area contributed by atoms with Crippen LogP contribution in [0.15, 0.2) is 55.2 Å². The number of nitrogens with one attached hydrogen (secondary N) is 1. The van der Waals surface area contributed by atoms with Gasteiger partial charge in [-0.3, -0.25) is 10.00 Å². The Balaban J connectivity index is 1.62. The number of aliphatic hydroxyl groups excluding tert-OH is 1. The molecular weight excluding hydrogens is 387 g/mol. The van der Waals surface area contributed by atoms with Crippen LogP contribution in [0.3, 0.4) is 0 Å². The number of halogens is 1. The van der Waals surface area contributed by atoms with Gasteiger partial charge in [-0.2, -0.15) is 10.1 Å². The number of nitrogens with zero attached hydrogens (tertiary/aromatic N) is 7. The van der Waals surface area contributed by atoms with Gasteiger partial charge in [0, 0.05) is 50.5 Å². The van der Waals surface area contributed by atoms with E-state index in [2.05, 4.69) is 25.4 Å². The molecule has 3 heterocycles. The van der Waals surface area contributed by atoms with Crippen molar-refractivity contribution < 1.29 is 9.50 Å². The molecule has 9 nitrogen and oxygen atoms in total. The van der Waals surface area contributed by atoms with E-state index in [1.807, 2.05) is 37.5 Å². The molecule has 0 bridgehead atoms. The molecule has 0 unspecified atom stereocenters. The van der Waals surface area contributed by atoms with Crippen LogP contribution in [0.1, 0.15) is 0 Å². The molecular formula is C20H21FN8O. The highest BCUT2D eigenvalue weighted by Crippen LogP contribution is 2.29. The fraction of sp³-hybridized carbons (Fsp3) is 0.200. The number of hydrogen-bond acceptors (Lipinski definition) is 7. The maximum absolute atomic E-state index is 14.5. The van der Waals surface area contributed by atoms with Crippen molar-refractivity contribution >= 4 is 23.4 Å². The van der Waals surface area contributed by atoms with E-state index in [4.69, 9.17) is 5.11 Å². The third-order valence-electron chi connectivity index (χ3n) is 4.59. The smallest absolute Gasteiger partial charge is 0.231 e. The number of anilines is 4. The second-order valence-electron chi connectivity index (χ2n) is 6.67. The first-order chi connectivity index (χ1) is 14.5. The molecule has 0 aliphatic heterocycles. The topological polar surface area (TPSA) is 96.9 Å². The summed E-state index contributed by atoms with van der Waals surface area (Å²) in [5.41, 5.74) is 2.70. The first-order valence-electron chi connectivity index (χ1n) is 9.29. The lowest BCUT2D eigenvalue weighted by Gasteiger charge is -2.20. The molecule has 0 radical (unpaired) electrons. The number of aliphatic hydroxyl groups is 1. The number of hydrogen-bond donors (Lipinski definition) is 2. The summed E-state index contributed by atoms with van der Waals surface area (Å²) >= 11 is 0. The van der Waals surface area contributed by atoms with Gasteiger partial charge in [-0.15, -0.1) is 0 Å².